The van der Waals surface area contributed by atoms with Crippen molar-refractivity contribution in [3.8, 4) is 5.75 Å². The number of benzene rings is 2. The summed E-state index contributed by atoms with van der Waals surface area (Å²) in [6.07, 6.45) is 7.66. The van der Waals surface area contributed by atoms with E-state index in [1.165, 1.54) is 31.1 Å². The van der Waals surface area contributed by atoms with Crippen LogP contribution in [0, 0.1) is 11.8 Å². The molecule has 0 N–H and O–H groups in total. The van der Waals surface area contributed by atoms with Crippen LogP contribution >= 0.6 is 11.6 Å². The maximum absolute atomic E-state index is 12.2. The van der Waals surface area contributed by atoms with Crippen molar-refractivity contribution in [1.82, 2.24) is 0 Å². The molecule has 1 fully saturated rings. The highest BCUT2D eigenvalue weighted by atomic mass is 35.5. The van der Waals surface area contributed by atoms with Gasteiger partial charge in [-0.25, -0.2) is 4.79 Å². The summed E-state index contributed by atoms with van der Waals surface area (Å²) in [6.45, 7) is 8.53. The van der Waals surface area contributed by atoms with Gasteiger partial charge in [0.05, 0.1) is 25.0 Å². The summed E-state index contributed by atoms with van der Waals surface area (Å²) in [5.74, 6) is 2.03. The molecule has 0 spiro atoms. The number of anilines is 1. The number of aryl methyl sites for hydroxylation is 1. The van der Waals surface area contributed by atoms with Crippen LogP contribution in [0.4, 0.5) is 5.69 Å². The number of allylic oxidation sites excluding steroid dienone is 1. The summed E-state index contributed by atoms with van der Waals surface area (Å²) in [6, 6.07) is 11.9. The minimum atomic E-state index is -0.324. The quantitative estimate of drug-likeness (QED) is 0.321. The molecular weight excluding hydrogens is 434 g/mol. The third kappa shape index (κ3) is 5.22. The maximum Gasteiger partial charge on any atom is 0.337 e. The maximum atomic E-state index is 12.2. The van der Waals surface area contributed by atoms with Crippen LogP contribution in [0.25, 0.3) is 0 Å². The van der Waals surface area contributed by atoms with E-state index in [1.54, 1.807) is 6.07 Å². The summed E-state index contributed by atoms with van der Waals surface area (Å²) in [5.41, 5.74) is 4.14. The highest BCUT2D eigenvalue weighted by Gasteiger charge is 2.34. The molecule has 0 amide bonds. The largest absolute Gasteiger partial charge is 0.491 e. The van der Waals surface area contributed by atoms with Gasteiger partial charge in [0.1, 0.15) is 5.75 Å². The molecular formula is C28H34ClNO3. The Labute approximate surface area is 202 Å². The predicted molar refractivity (Wildman–Crippen MR) is 135 cm³/mol. The molecule has 0 aromatic heterocycles. The predicted octanol–water partition coefficient (Wildman–Crippen LogP) is 6.66. The van der Waals surface area contributed by atoms with Crippen molar-refractivity contribution in [1.29, 1.82) is 0 Å². The molecule has 3 atom stereocenters. The van der Waals surface area contributed by atoms with E-state index in [4.69, 9.17) is 21.1 Å². The number of carbonyl (C=O) groups is 1. The first-order valence-corrected chi connectivity index (χ1v) is 12.4. The first-order chi connectivity index (χ1) is 16.0. The molecule has 4 rings (SSSR count). The molecule has 5 heteroatoms. The number of nitrogens with zero attached hydrogens (tertiary/aromatic N) is 1. The Morgan fingerprint density at radius 1 is 1.24 bits per heavy atom. The summed E-state index contributed by atoms with van der Waals surface area (Å²) in [7, 11) is 1.42. The topological polar surface area (TPSA) is 38.8 Å². The van der Waals surface area contributed by atoms with Gasteiger partial charge in [-0.3, -0.25) is 0 Å². The molecule has 4 nitrogen and oxygen atoms in total. The zero-order valence-corrected chi connectivity index (χ0v) is 20.4. The smallest absolute Gasteiger partial charge is 0.337 e. The number of hydrogen-bond donors (Lipinski definition) is 0. The van der Waals surface area contributed by atoms with Crippen LogP contribution < -0.4 is 9.64 Å². The second kappa shape index (κ2) is 10.6. The lowest BCUT2D eigenvalue weighted by molar-refractivity contribution is 0.0600. The van der Waals surface area contributed by atoms with Crippen LogP contribution in [0.1, 0.15) is 60.0 Å². The number of carbonyl (C=O) groups excluding carboxylic acids is 1. The SMILES string of the molecule is C=CCC1CCC1CN1CC(c2ccc(Cl)cc2CCC)COc2ccc(C(=O)OC)cc21. The monoisotopic (exact) mass is 467 g/mol. The highest BCUT2D eigenvalue weighted by molar-refractivity contribution is 6.30. The van der Waals surface area contributed by atoms with Gasteiger partial charge in [-0.15, -0.1) is 6.58 Å². The highest BCUT2D eigenvalue weighted by Crippen LogP contribution is 2.42. The Kier molecular flexibility index (Phi) is 7.64. The standard InChI is InChI=1S/C28H34ClNO3/c1-4-6-19-8-9-22(19)16-30-17-23(25-12-11-24(29)14-20(25)7-5-2)18-33-27-13-10-21(15-26(27)30)28(31)32-3/h4,10-15,19,22-23H,1,5-9,16-18H2,2-3H3. The van der Waals surface area contributed by atoms with Crippen LogP contribution in [0.2, 0.25) is 5.02 Å². The number of rotatable bonds is 8. The minimum Gasteiger partial charge on any atom is -0.491 e. The summed E-state index contributed by atoms with van der Waals surface area (Å²) in [5, 5.41) is 0.779. The lowest BCUT2D eigenvalue weighted by Crippen LogP contribution is -2.40. The molecule has 1 aliphatic heterocycles. The summed E-state index contributed by atoms with van der Waals surface area (Å²) < 4.78 is 11.3. The van der Waals surface area contributed by atoms with Crippen molar-refractivity contribution >= 4 is 23.3 Å². The fourth-order valence-electron chi connectivity index (χ4n) is 5.24. The summed E-state index contributed by atoms with van der Waals surface area (Å²) >= 11 is 6.33. The minimum absolute atomic E-state index is 0.218. The molecule has 176 valence electrons. The molecule has 2 aromatic rings. The number of hydrogen-bond acceptors (Lipinski definition) is 4. The zero-order valence-electron chi connectivity index (χ0n) is 19.7. The lowest BCUT2D eigenvalue weighted by atomic mass is 9.71. The van der Waals surface area contributed by atoms with Crippen LogP contribution in [-0.2, 0) is 11.2 Å². The first kappa shape index (κ1) is 23.7. The van der Waals surface area contributed by atoms with Gasteiger partial charge in [0.2, 0.25) is 0 Å². The van der Waals surface area contributed by atoms with Crippen molar-refractivity contribution < 1.29 is 14.3 Å². The molecule has 33 heavy (non-hydrogen) atoms. The summed E-state index contributed by atoms with van der Waals surface area (Å²) in [4.78, 5) is 14.7. The van der Waals surface area contributed by atoms with Crippen molar-refractivity contribution in [3.63, 3.8) is 0 Å². The first-order valence-electron chi connectivity index (χ1n) is 12.0. The van der Waals surface area contributed by atoms with E-state index in [0.717, 1.165) is 48.8 Å². The Bertz CT molecular complexity index is 1000. The molecule has 1 saturated carbocycles. The normalized spacial score (nSPS) is 21.9. The van der Waals surface area contributed by atoms with Crippen molar-refractivity contribution in [2.24, 2.45) is 11.8 Å². The van der Waals surface area contributed by atoms with E-state index in [-0.39, 0.29) is 11.9 Å². The van der Waals surface area contributed by atoms with Gasteiger partial charge >= 0.3 is 5.97 Å². The molecule has 1 aliphatic carbocycles. The van der Waals surface area contributed by atoms with E-state index in [9.17, 15) is 4.79 Å². The number of esters is 1. The van der Waals surface area contributed by atoms with Crippen LogP contribution in [0.15, 0.2) is 49.1 Å². The fourth-order valence-corrected chi connectivity index (χ4v) is 5.44. The van der Waals surface area contributed by atoms with Crippen LogP contribution in [0.3, 0.4) is 0 Å². The van der Waals surface area contributed by atoms with Crippen LogP contribution in [0.5, 0.6) is 5.75 Å². The third-order valence-corrected chi connectivity index (χ3v) is 7.40. The zero-order chi connectivity index (χ0) is 23.4. The molecule has 2 aromatic carbocycles. The second-order valence-electron chi connectivity index (χ2n) is 9.30. The van der Waals surface area contributed by atoms with Gasteiger partial charge in [-0.05, 0) is 79.0 Å². The van der Waals surface area contributed by atoms with E-state index < -0.39 is 0 Å². The van der Waals surface area contributed by atoms with Gasteiger partial charge < -0.3 is 14.4 Å². The van der Waals surface area contributed by atoms with E-state index in [0.29, 0.717) is 24.0 Å². The number of methoxy groups -OCH3 is 1. The lowest BCUT2D eigenvalue weighted by Gasteiger charge is -2.41. The number of halogens is 1. The van der Waals surface area contributed by atoms with Gasteiger partial charge in [0, 0.05) is 24.0 Å². The Morgan fingerprint density at radius 2 is 2.06 bits per heavy atom. The van der Waals surface area contributed by atoms with E-state index in [1.807, 2.05) is 24.3 Å². The van der Waals surface area contributed by atoms with Crippen LogP contribution in [-0.4, -0.2) is 32.8 Å². The number of fused-ring (bicyclic) bond motifs is 1. The molecule has 3 unspecified atom stereocenters. The molecule has 0 radical (unpaired) electrons. The average molecular weight is 468 g/mol. The molecule has 1 heterocycles. The molecule has 2 aliphatic rings. The average Bonchev–Trinajstić information content (AvgIpc) is 2.99. The fraction of sp³-hybridized carbons (Fsp3) is 0.464. The third-order valence-electron chi connectivity index (χ3n) is 7.16. The molecule has 0 saturated heterocycles. The second-order valence-corrected chi connectivity index (χ2v) is 9.74. The van der Waals surface area contributed by atoms with Gasteiger partial charge in [-0.2, -0.15) is 0 Å². The van der Waals surface area contributed by atoms with E-state index >= 15 is 0 Å². The van der Waals surface area contributed by atoms with E-state index in [2.05, 4.69) is 30.5 Å². The van der Waals surface area contributed by atoms with Crippen molar-refractivity contribution in [3.05, 3.63) is 70.8 Å². The van der Waals surface area contributed by atoms with Gasteiger partial charge in [0.25, 0.3) is 0 Å². The Balaban J connectivity index is 1.68. The Morgan fingerprint density at radius 3 is 2.76 bits per heavy atom. The van der Waals surface area contributed by atoms with Crippen molar-refractivity contribution in [2.45, 2.75) is 44.9 Å². The van der Waals surface area contributed by atoms with Crippen molar-refractivity contribution in [2.75, 3.05) is 31.7 Å². The molecule has 0 bridgehead atoms. The Hall–Kier alpha value is -2.46. The van der Waals surface area contributed by atoms with Gasteiger partial charge in [0.15, 0.2) is 0 Å². The van der Waals surface area contributed by atoms with Gasteiger partial charge in [-0.1, -0.05) is 37.1 Å². The number of ether oxygens (including phenoxy) is 2.